The van der Waals surface area contributed by atoms with Crippen LogP contribution >= 0.6 is 0 Å². The Morgan fingerprint density at radius 1 is 0.281 bits per heavy atom. The number of rotatable bonds is 24. The fourth-order valence-electron chi connectivity index (χ4n) is 12.2. The van der Waals surface area contributed by atoms with E-state index in [1.807, 2.05) is 312 Å². The first-order valence-corrected chi connectivity index (χ1v) is 41.1. The van der Waals surface area contributed by atoms with E-state index in [-0.39, 0.29) is 55.9 Å². The number of nitrogens with zero attached hydrogens (tertiary/aromatic N) is 2. The predicted octanol–water partition coefficient (Wildman–Crippen LogP) is 26.0. The molecule has 6 N–H and O–H groups in total. The lowest BCUT2D eigenvalue weighted by molar-refractivity contribution is -0.385. The van der Waals surface area contributed by atoms with Gasteiger partial charge in [-0.3, -0.25) is 20.2 Å². The number of aryl methyl sites for hydroxylation is 4. The third-order valence-corrected chi connectivity index (χ3v) is 19.5. The normalized spacial score (nSPS) is 11.0. The summed E-state index contributed by atoms with van der Waals surface area (Å²) in [6.07, 6.45) is 22.9. The standard InChI is InChI=1S/3C17H18O2.C16H13F3.C15H13NO3.C15H14O.C14H11NO2/c1-13-2-8-16(17(10-13)12-19)9-7-14-3-5-15(11-18)6-4-14;1-13-3-4-15(11-17(13)19-2)8-5-14-6-9-16(12-18)10-7-14;1-13-6-8-14(9-7-13)10-11-15-4-3-5-16(12-18)17(15)19-2;1-12-5-7-13(8-6-12)9-10-14-3-2-4-15(11-14)16(17,18)19;17-11-14-8-5-12(6-9-14)4-7-13-2-1-3-15(10-13)16(18)19;16-12-15-9-5-4-8-14(15)11-10-13-6-2-1-3-7-13;16-15(17)14-8-4-7-13(11-14)10-9-12-5-2-1-3-6-12/h2-10,18-19H,11-12H2,1H3;2*3-11,18H,12H2,1-2H3;2-11H,1H3;1-10,17H,11H2;1-11,16H,12H2;1-11H/b9-7+;8-5+;11-10+;10-9+;7-4+;11-10+;10-9+. The summed E-state index contributed by atoms with van der Waals surface area (Å²) < 4.78 is 48.3. The number of ether oxygens (including phenoxy) is 2. The first-order chi connectivity index (χ1) is 62.0. The molecule has 0 radical (unpaired) electrons. The van der Waals surface area contributed by atoms with Crippen molar-refractivity contribution < 1.29 is 63.1 Å². The third-order valence-electron chi connectivity index (χ3n) is 19.5. The van der Waals surface area contributed by atoms with Crippen molar-refractivity contribution in [1.82, 2.24) is 0 Å². The quantitative estimate of drug-likeness (QED) is 0.0189. The number of aliphatic hydroxyl groups excluding tert-OH is 6. The second-order valence-electron chi connectivity index (χ2n) is 29.1. The number of halogens is 3. The molecule has 0 aromatic heterocycles. The molecule has 0 unspecified atom stereocenters. The molecular weight excluding hydrogens is 1610 g/mol. The zero-order valence-corrected chi connectivity index (χ0v) is 72.2. The van der Waals surface area contributed by atoms with Crippen molar-refractivity contribution in [3.63, 3.8) is 0 Å². The Bertz CT molecular complexity index is 5990. The molecule has 0 spiro atoms. The zero-order chi connectivity index (χ0) is 91.8. The van der Waals surface area contributed by atoms with Gasteiger partial charge in [0.15, 0.2) is 0 Å². The van der Waals surface area contributed by atoms with Gasteiger partial charge < -0.3 is 40.1 Å². The Balaban J connectivity index is 0.000000185. The van der Waals surface area contributed by atoms with E-state index in [1.165, 1.54) is 29.8 Å². The second kappa shape index (κ2) is 53.4. The minimum absolute atomic E-state index is 0.0185. The van der Waals surface area contributed by atoms with Crippen molar-refractivity contribution in [3.8, 4) is 11.5 Å². The Morgan fingerprint density at radius 3 is 0.992 bits per heavy atom. The third kappa shape index (κ3) is 34.7. The lowest BCUT2D eigenvalue weighted by Gasteiger charge is -2.09. The van der Waals surface area contributed by atoms with Crippen LogP contribution in [0.2, 0.25) is 0 Å². The van der Waals surface area contributed by atoms with Crippen LogP contribution in [0, 0.1) is 47.9 Å². The summed E-state index contributed by atoms with van der Waals surface area (Å²) in [4.78, 5) is 20.5. The van der Waals surface area contributed by atoms with Crippen LogP contribution in [0.15, 0.2) is 334 Å². The summed E-state index contributed by atoms with van der Waals surface area (Å²) in [6, 6.07) is 103. The molecule has 14 aromatic rings. The second-order valence-corrected chi connectivity index (χ2v) is 29.1. The smallest absolute Gasteiger partial charge is 0.416 e. The fraction of sp³-hybridized carbons (Fsp3) is 0.117. The average molecular weight is 1720 g/mol. The molecule has 652 valence electrons. The van der Waals surface area contributed by atoms with Crippen molar-refractivity contribution in [2.45, 2.75) is 73.5 Å². The van der Waals surface area contributed by atoms with Crippen LogP contribution in [0.4, 0.5) is 24.5 Å². The summed E-state index contributed by atoms with van der Waals surface area (Å²) in [5, 5.41) is 76.0. The van der Waals surface area contributed by atoms with Gasteiger partial charge in [-0.05, 0) is 152 Å². The highest BCUT2D eigenvalue weighted by Crippen LogP contribution is 2.31. The monoisotopic (exact) mass is 1710 g/mol. The lowest BCUT2D eigenvalue weighted by atomic mass is 10.0. The molecule has 0 aliphatic rings. The van der Waals surface area contributed by atoms with Gasteiger partial charge in [0.05, 0.1) is 69.3 Å². The molecule has 14 nitrogen and oxygen atoms in total. The summed E-state index contributed by atoms with van der Waals surface area (Å²) >= 11 is 0. The van der Waals surface area contributed by atoms with Gasteiger partial charge in [-0.1, -0.05) is 393 Å². The molecular formula is C111H105F3N2O12. The highest BCUT2D eigenvalue weighted by molar-refractivity contribution is 5.77. The number of hydrogen-bond donors (Lipinski definition) is 6. The van der Waals surface area contributed by atoms with E-state index in [0.29, 0.717) is 5.56 Å². The number of nitro benzene ring substituents is 2. The maximum absolute atomic E-state index is 12.6. The fourth-order valence-corrected chi connectivity index (χ4v) is 12.2. The van der Waals surface area contributed by atoms with E-state index in [0.717, 1.165) is 146 Å². The molecule has 0 bridgehead atoms. The molecule has 0 heterocycles. The number of nitro groups is 2. The van der Waals surface area contributed by atoms with E-state index in [9.17, 15) is 48.7 Å². The van der Waals surface area contributed by atoms with Gasteiger partial charge in [0.2, 0.25) is 0 Å². The summed E-state index contributed by atoms with van der Waals surface area (Å²) in [7, 11) is 3.31. The molecule has 14 aromatic carbocycles. The number of benzene rings is 14. The Kier molecular flexibility index (Phi) is 41.2. The molecule has 0 fully saturated rings. The number of hydrogen-bond acceptors (Lipinski definition) is 12. The molecule has 14 rings (SSSR count). The molecule has 0 aliphatic heterocycles. The number of aliphatic hydroxyl groups is 6. The predicted molar refractivity (Wildman–Crippen MR) is 519 cm³/mol. The molecule has 0 atom stereocenters. The highest BCUT2D eigenvalue weighted by atomic mass is 19.4. The van der Waals surface area contributed by atoms with Crippen LogP contribution in [0.5, 0.6) is 11.5 Å². The number of para-hydroxylation sites is 1. The summed E-state index contributed by atoms with van der Waals surface area (Å²) in [6.45, 7) is 8.38. The Morgan fingerprint density at radius 2 is 0.594 bits per heavy atom. The van der Waals surface area contributed by atoms with Gasteiger partial charge in [-0.2, -0.15) is 13.2 Å². The van der Waals surface area contributed by atoms with Crippen LogP contribution in [-0.4, -0.2) is 54.7 Å². The van der Waals surface area contributed by atoms with Gasteiger partial charge in [-0.15, -0.1) is 0 Å². The van der Waals surface area contributed by atoms with E-state index >= 15 is 0 Å². The van der Waals surface area contributed by atoms with Gasteiger partial charge in [0, 0.05) is 35.4 Å². The van der Waals surface area contributed by atoms with E-state index in [1.54, 1.807) is 50.6 Å². The summed E-state index contributed by atoms with van der Waals surface area (Å²) in [5.41, 5.74) is 23.4. The van der Waals surface area contributed by atoms with Crippen molar-refractivity contribution in [1.29, 1.82) is 0 Å². The minimum Gasteiger partial charge on any atom is -0.496 e. The molecule has 0 amide bonds. The van der Waals surface area contributed by atoms with Gasteiger partial charge in [-0.25, -0.2) is 0 Å². The van der Waals surface area contributed by atoms with Crippen LogP contribution < -0.4 is 9.47 Å². The largest absolute Gasteiger partial charge is 0.496 e. The van der Waals surface area contributed by atoms with Crippen LogP contribution in [0.3, 0.4) is 0 Å². The van der Waals surface area contributed by atoms with Gasteiger partial charge in [0.25, 0.3) is 11.4 Å². The molecule has 0 saturated carbocycles. The summed E-state index contributed by atoms with van der Waals surface area (Å²) in [5.74, 6) is 1.63. The topological polar surface area (TPSA) is 226 Å². The molecule has 0 aliphatic carbocycles. The Hall–Kier alpha value is -14.8. The molecule has 128 heavy (non-hydrogen) atoms. The Labute approximate surface area is 747 Å². The molecule has 0 saturated heterocycles. The maximum Gasteiger partial charge on any atom is 0.416 e. The van der Waals surface area contributed by atoms with Crippen molar-refractivity contribution in [2.24, 2.45) is 0 Å². The average Bonchev–Trinajstić information content (AvgIpc) is 0.854. The van der Waals surface area contributed by atoms with E-state index < -0.39 is 16.7 Å². The van der Waals surface area contributed by atoms with Crippen LogP contribution in [-0.2, 0) is 45.8 Å². The zero-order valence-electron chi connectivity index (χ0n) is 72.2. The SMILES string of the molecule is COc1c(/C=C/c2ccc(C)cc2)cccc1CO.COc1cc(/C=C/c2ccc(CO)cc2)ccc1C.Cc1ccc(/C=C/c2ccc(CO)cc2)c(CO)c1.Cc1ccc(/C=C/c2cccc(C(F)(F)F)c2)cc1.O=[N+]([O-])c1cccc(/C=C/c2ccc(CO)cc2)c1.O=[N+]([O-])c1cccc(/C=C/c2ccccc2)c1.OCc1ccccc1/C=C/c1ccccc1. The first-order valence-electron chi connectivity index (χ1n) is 41.1. The van der Waals surface area contributed by atoms with E-state index in [2.05, 4.69) is 61.5 Å². The number of alkyl halides is 3. The number of non-ortho nitro benzene ring substituents is 2. The van der Waals surface area contributed by atoms with Crippen LogP contribution in [0.1, 0.15) is 139 Å². The minimum atomic E-state index is -4.30. The van der Waals surface area contributed by atoms with Crippen molar-refractivity contribution in [2.75, 3.05) is 14.2 Å². The maximum atomic E-state index is 12.6. The van der Waals surface area contributed by atoms with Crippen LogP contribution in [0.25, 0.3) is 85.1 Å². The molecule has 17 heteroatoms. The lowest BCUT2D eigenvalue weighted by Crippen LogP contribution is -2.04. The van der Waals surface area contributed by atoms with Gasteiger partial charge in [0.1, 0.15) is 11.5 Å². The van der Waals surface area contributed by atoms with Crippen molar-refractivity contribution >= 4 is 96.4 Å². The first kappa shape index (κ1) is 98.6. The number of methoxy groups -OCH3 is 2. The van der Waals surface area contributed by atoms with E-state index in [4.69, 9.17) is 24.8 Å². The van der Waals surface area contributed by atoms with Gasteiger partial charge >= 0.3 is 6.18 Å². The highest BCUT2D eigenvalue weighted by Gasteiger charge is 2.30. The van der Waals surface area contributed by atoms with Crippen molar-refractivity contribution in [3.05, 3.63) is 493 Å².